The lowest BCUT2D eigenvalue weighted by atomic mass is 10.1. The van der Waals surface area contributed by atoms with Gasteiger partial charge in [-0.1, -0.05) is 6.07 Å². The van der Waals surface area contributed by atoms with E-state index in [0.717, 1.165) is 16.6 Å². The van der Waals surface area contributed by atoms with Crippen molar-refractivity contribution in [3.8, 4) is 0 Å². The third kappa shape index (κ3) is 1.29. The summed E-state index contributed by atoms with van der Waals surface area (Å²) < 4.78 is 1.78. The molecule has 0 aliphatic rings. The molecular weight excluding hydrogens is 178 g/mol. The normalized spacial score (nSPS) is 13.4. The lowest BCUT2D eigenvalue weighted by molar-refractivity contribution is 0.268. The SMILES string of the molecule is Cc1cccn2ncc(C(N)CO)c12. The van der Waals surface area contributed by atoms with Gasteiger partial charge in [0.2, 0.25) is 0 Å². The van der Waals surface area contributed by atoms with Gasteiger partial charge in [-0.05, 0) is 18.6 Å². The largest absolute Gasteiger partial charge is 0.394 e. The molecule has 2 aromatic heterocycles. The standard InChI is InChI=1S/C10H13N3O/c1-7-3-2-4-13-10(7)8(5-12-13)9(11)6-14/h2-5,9,14H,6,11H2,1H3. The molecule has 2 aromatic rings. The highest BCUT2D eigenvalue weighted by Gasteiger charge is 2.12. The number of nitrogens with two attached hydrogens (primary N) is 1. The van der Waals surface area contributed by atoms with Crippen molar-refractivity contribution in [1.82, 2.24) is 9.61 Å². The Morgan fingerprint density at radius 3 is 3.14 bits per heavy atom. The molecule has 0 saturated carbocycles. The lowest BCUT2D eigenvalue weighted by Gasteiger charge is -2.07. The maximum Gasteiger partial charge on any atom is 0.0739 e. The van der Waals surface area contributed by atoms with Crippen LogP contribution in [0.3, 0.4) is 0 Å². The Kier molecular flexibility index (Phi) is 2.23. The Labute approximate surface area is 82.0 Å². The van der Waals surface area contributed by atoms with Crippen LogP contribution in [-0.2, 0) is 0 Å². The topological polar surface area (TPSA) is 63.5 Å². The van der Waals surface area contributed by atoms with E-state index < -0.39 is 0 Å². The van der Waals surface area contributed by atoms with Crippen molar-refractivity contribution in [3.05, 3.63) is 35.7 Å². The van der Waals surface area contributed by atoms with Crippen LogP contribution in [0.5, 0.6) is 0 Å². The smallest absolute Gasteiger partial charge is 0.0739 e. The number of pyridine rings is 1. The predicted octanol–water partition coefficient (Wildman–Crippen LogP) is 0.635. The van der Waals surface area contributed by atoms with E-state index >= 15 is 0 Å². The summed E-state index contributed by atoms with van der Waals surface area (Å²) in [6.07, 6.45) is 3.58. The highest BCUT2D eigenvalue weighted by Crippen LogP contribution is 2.19. The number of rotatable bonds is 2. The summed E-state index contributed by atoms with van der Waals surface area (Å²) in [6, 6.07) is 3.59. The molecule has 14 heavy (non-hydrogen) atoms. The number of aromatic nitrogens is 2. The Balaban J connectivity index is 2.67. The van der Waals surface area contributed by atoms with Crippen molar-refractivity contribution in [1.29, 1.82) is 0 Å². The summed E-state index contributed by atoms with van der Waals surface area (Å²) in [7, 11) is 0. The molecule has 0 bridgehead atoms. The summed E-state index contributed by atoms with van der Waals surface area (Å²) in [4.78, 5) is 0. The fourth-order valence-corrected chi connectivity index (χ4v) is 1.61. The van der Waals surface area contributed by atoms with E-state index in [2.05, 4.69) is 5.10 Å². The zero-order chi connectivity index (χ0) is 10.1. The molecule has 1 unspecified atom stereocenters. The van der Waals surface area contributed by atoms with Gasteiger partial charge >= 0.3 is 0 Å². The van der Waals surface area contributed by atoms with E-state index in [4.69, 9.17) is 10.8 Å². The Bertz CT molecular complexity index is 450. The van der Waals surface area contributed by atoms with Crippen molar-refractivity contribution in [2.45, 2.75) is 13.0 Å². The van der Waals surface area contributed by atoms with Crippen LogP contribution in [0.4, 0.5) is 0 Å². The predicted molar refractivity (Wildman–Crippen MR) is 53.9 cm³/mol. The van der Waals surface area contributed by atoms with E-state index in [1.807, 2.05) is 25.3 Å². The van der Waals surface area contributed by atoms with E-state index in [0.29, 0.717) is 0 Å². The molecule has 0 spiro atoms. The maximum atomic E-state index is 8.99. The molecule has 0 radical (unpaired) electrons. The van der Waals surface area contributed by atoms with E-state index in [1.165, 1.54) is 0 Å². The zero-order valence-corrected chi connectivity index (χ0v) is 8.01. The average Bonchev–Trinajstić information content (AvgIpc) is 2.62. The van der Waals surface area contributed by atoms with Crippen LogP contribution in [0.2, 0.25) is 0 Å². The fourth-order valence-electron chi connectivity index (χ4n) is 1.61. The summed E-state index contributed by atoms with van der Waals surface area (Å²) in [5.41, 5.74) is 8.77. The van der Waals surface area contributed by atoms with Crippen LogP contribution in [0, 0.1) is 6.92 Å². The third-order valence-corrected chi connectivity index (χ3v) is 2.37. The molecular formula is C10H13N3O. The van der Waals surface area contributed by atoms with Crippen LogP contribution in [0.15, 0.2) is 24.5 Å². The fraction of sp³-hybridized carbons (Fsp3) is 0.300. The molecule has 0 amide bonds. The summed E-state index contributed by atoms with van der Waals surface area (Å²) in [6.45, 7) is 1.94. The number of hydrogen-bond acceptors (Lipinski definition) is 3. The molecule has 3 N–H and O–H groups in total. The minimum Gasteiger partial charge on any atom is -0.394 e. The first kappa shape index (κ1) is 9.18. The minimum atomic E-state index is -0.353. The van der Waals surface area contributed by atoms with Crippen molar-refractivity contribution >= 4 is 5.52 Å². The van der Waals surface area contributed by atoms with Gasteiger partial charge in [-0.25, -0.2) is 4.52 Å². The van der Waals surface area contributed by atoms with Gasteiger partial charge in [-0.2, -0.15) is 5.10 Å². The van der Waals surface area contributed by atoms with Gasteiger partial charge in [0.1, 0.15) is 0 Å². The van der Waals surface area contributed by atoms with Crippen LogP contribution in [-0.4, -0.2) is 21.3 Å². The van der Waals surface area contributed by atoms with Crippen molar-refractivity contribution in [2.75, 3.05) is 6.61 Å². The van der Waals surface area contributed by atoms with Gasteiger partial charge in [0.05, 0.1) is 24.4 Å². The number of aliphatic hydroxyl groups is 1. The van der Waals surface area contributed by atoms with Crippen molar-refractivity contribution in [3.63, 3.8) is 0 Å². The number of hydrogen-bond donors (Lipinski definition) is 2. The monoisotopic (exact) mass is 191 g/mol. The highest BCUT2D eigenvalue weighted by atomic mass is 16.3. The number of nitrogens with zero attached hydrogens (tertiary/aromatic N) is 2. The van der Waals surface area contributed by atoms with Gasteiger partial charge in [-0.15, -0.1) is 0 Å². The van der Waals surface area contributed by atoms with Gasteiger partial charge in [0.25, 0.3) is 0 Å². The minimum absolute atomic E-state index is 0.0598. The molecule has 0 aliphatic carbocycles. The molecule has 4 nitrogen and oxygen atoms in total. The second-order valence-corrected chi connectivity index (χ2v) is 3.37. The van der Waals surface area contributed by atoms with E-state index in [1.54, 1.807) is 10.7 Å². The Morgan fingerprint density at radius 2 is 2.43 bits per heavy atom. The van der Waals surface area contributed by atoms with Gasteiger partial charge < -0.3 is 10.8 Å². The van der Waals surface area contributed by atoms with Crippen LogP contribution < -0.4 is 5.73 Å². The molecule has 2 heterocycles. The summed E-state index contributed by atoms with van der Waals surface area (Å²) >= 11 is 0. The van der Waals surface area contributed by atoms with E-state index in [9.17, 15) is 0 Å². The quantitative estimate of drug-likeness (QED) is 0.732. The van der Waals surface area contributed by atoms with E-state index in [-0.39, 0.29) is 12.6 Å². The Morgan fingerprint density at radius 1 is 1.64 bits per heavy atom. The molecule has 0 fully saturated rings. The number of fused-ring (bicyclic) bond motifs is 1. The third-order valence-electron chi connectivity index (χ3n) is 2.37. The second kappa shape index (κ2) is 3.40. The molecule has 2 rings (SSSR count). The molecule has 0 saturated heterocycles. The first-order valence-corrected chi connectivity index (χ1v) is 4.53. The van der Waals surface area contributed by atoms with Gasteiger partial charge in [0, 0.05) is 11.8 Å². The zero-order valence-electron chi connectivity index (χ0n) is 8.01. The summed E-state index contributed by atoms with van der Waals surface area (Å²) in [5.74, 6) is 0. The van der Waals surface area contributed by atoms with Crippen LogP contribution in [0.1, 0.15) is 17.2 Å². The summed E-state index contributed by atoms with van der Waals surface area (Å²) in [5, 5.41) is 13.2. The van der Waals surface area contributed by atoms with Gasteiger partial charge in [0.15, 0.2) is 0 Å². The molecule has 0 aromatic carbocycles. The first-order valence-electron chi connectivity index (χ1n) is 4.53. The molecule has 4 heteroatoms. The molecule has 1 atom stereocenters. The van der Waals surface area contributed by atoms with Crippen molar-refractivity contribution in [2.24, 2.45) is 5.73 Å². The molecule has 74 valence electrons. The van der Waals surface area contributed by atoms with Crippen LogP contribution in [0.25, 0.3) is 5.52 Å². The second-order valence-electron chi connectivity index (χ2n) is 3.37. The number of aryl methyl sites for hydroxylation is 1. The maximum absolute atomic E-state index is 8.99. The number of aliphatic hydroxyl groups excluding tert-OH is 1. The highest BCUT2D eigenvalue weighted by molar-refractivity contribution is 5.60. The van der Waals surface area contributed by atoms with Gasteiger partial charge in [-0.3, -0.25) is 0 Å². The molecule has 0 aliphatic heterocycles. The first-order chi connectivity index (χ1) is 6.74. The lowest BCUT2D eigenvalue weighted by Crippen LogP contribution is -2.14. The van der Waals surface area contributed by atoms with Crippen LogP contribution >= 0.6 is 0 Å². The Hall–Kier alpha value is -1.39. The van der Waals surface area contributed by atoms with Crippen molar-refractivity contribution < 1.29 is 5.11 Å². The average molecular weight is 191 g/mol.